The van der Waals surface area contributed by atoms with Crippen LogP contribution in [0, 0.1) is 11.6 Å². The molecule has 5 rings (SSSR count). The predicted molar refractivity (Wildman–Crippen MR) is 120 cm³/mol. The molecule has 2 aromatic carbocycles. The molecule has 0 amide bonds. The van der Waals surface area contributed by atoms with Gasteiger partial charge in [0.15, 0.2) is 11.6 Å². The van der Waals surface area contributed by atoms with E-state index in [1.165, 1.54) is 30.5 Å². The van der Waals surface area contributed by atoms with E-state index in [0.717, 1.165) is 18.3 Å². The van der Waals surface area contributed by atoms with Crippen LogP contribution in [0.25, 0.3) is 22.5 Å². The van der Waals surface area contributed by atoms with Gasteiger partial charge in [0.25, 0.3) is 0 Å². The van der Waals surface area contributed by atoms with Crippen LogP contribution < -0.4 is 0 Å². The summed E-state index contributed by atoms with van der Waals surface area (Å²) in [6.45, 7) is 0.311. The second-order valence-corrected chi connectivity index (χ2v) is 8.41. The smallest absolute Gasteiger partial charge is 0.337 e. The summed E-state index contributed by atoms with van der Waals surface area (Å²) in [4.78, 5) is 11.4. The molecule has 1 aliphatic heterocycles. The molecule has 0 spiro atoms. The lowest BCUT2D eigenvalue weighted by Crippen LogP contribution is -2.22. The number of hydrazone groups is 1. The van der Waals surface area contributed by atoms with Gasteiger partial charge >= 0.3 is 12.4 Å². The fraction of sp³-hybridized carbons (Fsp3) is 0.160. The van der Waals surface area contributed by atoms with E-state index in [2.05, 4.69) is 20.1 Å². The van der Waals surface area contributed by atoms with Crippen molar-refractivity contribution in [3.63, 3.8) is 0 Å². The molecule has 13 heteroatoms. The van der Waals surface area contributed by atoms with Gasteiger partial charge in [0.1, 0.15) is 5.82 Å². The number of nitrogens with zero attached hydrogens (tertiary/aromatic N) is 4. The van der Waals surface area contributed by atoms with Crippen LogP contribution >= 0.6 is 0 Å². The number of H-pyrrole nitrogens is 1. The van der Waals surface area contributed by atoms with Crippen molar-refractivity contribution in [1.82, 2.24) is 20.0 Å². The molecule has 5 nitrogen and oxygen atoms in total. The summed E-state index contributed by atoms with van der Waals surface area (Å²) in [6, 6.07) is 7.94. The number of aromatic amines is 1. The first-order chi connectivity index (χ1) is 17.9. The highest BCUT2D eigenvalue weighted by Gasteiger charge is 2.38. The second-order valence-electron chi connectivity index (χ2n) is 8.41. The molecule has 196 valence electrons. The van der Waals surface area contributed by atoms with E-state index in [1.807, 2.05) is 0 Å². The Morgan fingerprint density at radius 2 is 1.68 bits per heavy atom. The molecule has 1 N–H and O–H groups in total. The van der Waals surface area contributed by atoms with E-state index in [1.54, 1.807) is 5.01 Å². The lowest BCUT2D eigenvalue weighted by molar-refractivity contribution is -0.142. The van der Waals surface area contributed by atoms with Gasteiger partial charge in [0.2, 0.25) is 0 Å². The Morgan fingerprint density at radius 1 is 0.895 bits per heavy atom. The summed E-state index contributed by atoms with van der Waals surface area (Å²) in [5, 5.41) is 5.80. The third-order valence-corrected chi connectivity index (χ3v) is 5.83. The predicted octanol–water partition coefficient (Wildman–Crippen LogP) is 6.80. The third-order valence-electron chi connectivity index (χ3n) is 5.83. The second kappa shape index (κ2) is 9.23. The molecule has 1 aliphatic rings. The number of hydrogen-bond donors (Lipinski definition) is 1. The van der Waals surface area contributed by atoms with Gasteiger partial charge in [0.05, 0.1) is 53.1 Å². The zero-order chi connectivity index (χ0) is 27.2. The van der Waals surface area contributed by atoms with Gasteiger partial charge in [-0.1, -0.05) is 18.2 Å². The molecule has 0 saturated carbocycles. The number of imidazole rings is 1. The molecule has 4 aromatic rings. The molecule has 0 bridgehead atoms. The lowest BCUT2D eigenvalue weighted by Gasteiger charge is -2.21. The Kier molecular flexibility index (Phi) is 6.16. The zero-order valence-corrected chi connectivity index (χ0v) is 19.0. The normalized spacial score (nSPS) is 13.6. The third kappa shape index (κ3) is 4.95. The Labute approximate surface area is 209 Å². The maximum absolute atomic E-state index is 14.1. The van der Waals surface area contributed by atoms with Gasteiger partial charge < -0.3 is 4.98 Å². The van der Waals surface area contributed by atoms with E-state index < -0.39 is 40.7 Å². The maximum Gasteiger partial charge on any atom is 0.417 e. The molecular weight excluding hydrogens is 522 g/mol. The number of aromatic nitrogens is 3. The molecule has 0 aliphatic carbocycles. The first kappa shape index (κ1) is 25.4. The van der Waals surface area contributed by atoms with Crippen molar-refractivity contribution < 1.29 is 35.1 Å². The number of pyridine rings is 1. The fourth-order valence-corrected chi connectivity index (χ4v) is 3.99. The molecular formula is C25H15F8N5. The number of alkyl halides is 6. The lowest BCUT2D eigenvalue weighted by atomic mass is 9.97. The Bertz CT molecular complexity index is 1520. The Balaban J connectivity index is 1.34. The molecule has 0 atom stereocenters. The van der Waals surface area contributed by atoms with Crippen molar-refractivity contribution in [2.45, 2.75) is 25.4 Å². The van der Waals surface area contributed by atoms with E-state index >= 15 is 0 Å². The number of nitrogens with one attached hydrogen (secondary N) is 1. The molecule has 0 radical (unpaired) electrons. The van der Waals surface area contributed by atoms with Crippen LogP contribution in [-0.2, 0) is 25.4 Å². The van der Waals surface area contributed by atoms with Crippen molar-refractivity contribution in [1.29, 1.82) is 0 Å². The van der Waals surface area contributed by atoms with Gasteiger partial charge in [-0.3, -0.25) is 9.99 Å². The van der Waals surface area contributed by atoms with E-state index in [0.29, 0.717) is 23.1 Å². The van der Waals surface area contributed by atoms with Gasteiger partial charge in [-0.15, -0.1) is 0 Å². The molecule has 0 unspecified atom stereocenters. The van der Waals surface area contributed by atoms with Crippen LogP contribution in [0.5, 0.6) is 0 Å². The highest BCUT2D eigenvalue weighted by atomic mass is 19.4. The molecule has 0 saturated heterocycles. The topological polar surface area (TPSA) is 57.2 Å². The fourth-order valence-electron chi connectivity index (χ4n) is 3.99. The van der Waals surface area contributed by atoms with Crippen molar-refractivity contribution in [2.24, 2.45) is 5.10 Å². The molecule has 2 aromatic heterocycles. The minimum atomic E-state index is -5.01. The maximum atomic E-state index is 14.1. The van der Waals surface area contributed by atoms with Gasteiger partial charge in [-0.05, 0) is 35.9 Å². The minimum Gasteiger partial charge on any atom is -0.337 e. The molecule has 38 heavy (non-hydrogen) atoms. The standard InChI is InChI=1S/C25H15F8N5/c26-19-3-1-2-17(22(19)27)23-36-20-10-35-38(12-21(20)37-23)11-15-6-4-13(9-34-15)16-7-5-14(24(28,29)30)8-18(16)25(31,32)33/h1-10H,11-12H2,(H,36,37). The van der Waals surface area contributed by atoms with Crippen molar-refractivity contribution in [2.75, 3.05) is 0 Å². The van der Waals surface area contributed by atoms with Crippen LogP contribution in [0.1, 0.15) is 28.2 Å². The first-order valence-electron chi connectivity index (χ1n) is 11.0. The van der Waals surface area contributed by atoms with Crippen molar-refractivity contribution >= 4 is 6.21 Å². The highest BCUT2D eigenvalue weighted by molar-refractivity contribution is 5.80. The Morgan fingerprint density at radius 3 is 2.37 bits per heavy atom. The van der Waals surface area contributed by atoms with Crippen LogP contribution in [0.2, 0.25) is 0 Å². The van der Waals surface area contributed by atoms with Gasteiger partial charge in [-0.2, -0.15) is 31.4 Å². The number of hydrogen-bond acceptors (Lipinski definition) is 4. The average Bonchev–Trinajstić information content (AvgIpc) is 3.28. The summed E-state index contributed by atoms with van der Waals surface area (Å²) >= 11 is 0. The number of fused-ring (bicyclic) bond motifs is 1. The van der Waals surface area contributed by atoms with E-state index in [9.17, 15) is 35.1 Å². The average molecular weight is 537 g/mol. The van der Waals surface area contributed by atoms with E-state index in [-0.39, 0.29) is 36.1 Å². The summed E-state index contributed by atoms with van der Waals surface area (Å²) in [5.74, 6) is -1.93. The number of halogens is 8. The highest BCUT2D eigenvalue weighted by Crippen LogP contribution is 2.40. The summed E-state index contributed by atoms with van der Waals surface area (Å²) in [7, 11) is 0. The quantitative estimate of drug-likeness (QED) is 0.291. The van der Waals surface area contributed by atoms with Gasteiger partial charge in [0, 0.05) is 11.8 Å². The van der Waals surface area contributed by atoms with Crippen LogP contribution in [-0.4, -0.2) is 26.2 Å². The number of benzene rings is 2. The number of rotatable bonds is 4. The summed E-state index contributed by atoms with van der Waals surface area (Å²) in [6.07, 6.45) is -7.34. The van der Waals surface area contributed by atoms with Crippen LogP contribution in [0.15, 0.2) is 59.8 Å². The van der Waals surface area contributed by atoms with Crippen molar-refractivity contribution in [3.8, 4) is 22.5 Å². The first-order valence-corrected chi connectivity index (χ1v) is 11.0. The SMILES string of the molecule is Fc1cccc(-c2nc3c([nH]2)C=NN(Cc2ccc(-c4ccc(C(F)(F)F)cc4C(F)(F)F)cn2)C3)c1F. The van der Waals surface area contributed by atoms with Gasteiger partial charge in [-0.25, -0.2) is 13.8 Å². The zero-order valence-electron chi connectivity index (χ0n) is 19.0. The molecule has 3 heterocycles. The largest absolute Gasteiger partial charge is 0.417 e. The van der Waals surface area contributed by atoms with Crippen LogP contribution in [0.4, 0.5) is 35.1 Å². The monoisotopic (exact) mass is 537 g/mol. The summed E-state index contributed by atoms with van der Waals surface area (Å²) < 4.78 is 107. The minimum absolute atomic E-state index is 0.00621. The van der Waals surface area contributed by atoms with Crippen LogP contribution in [0.3, 0.4) is 0 Å². The summed E-state index contributed by atoms with van der Waals surface area (Å²) in [5.41, 5.74) is -1.87. The van der Waals surface area contributed by atoms with E-state index in [4.69, 9.17) is 0 Å². The Hall–Kier alpha value is -4.29. The molecule has 0 fully saturated rings. The van der Waals surface area contributed by atoms with Crippen molar-refractivity contribution in [3.05, 3.63) is 94.6 Å².